The summed E-state index contributed by atoms with van der Waals surface area (Å²) in [5.74, 6) is -0.549. The van der Waals surface area contributed by atoms with Gasteiger partial charge in [-0.1, -0.05) is 433 Å². The normalized spacial score (nSPS) is 13.8. The molecule has 0 rings (SSSR count). The minimum Gasteiger partial charge on any atom is -0.462 e. The molecule has 17 nitrogen and oxygen atoms in total. The van der Waals surface area contributed by atoms with Crippen LogP contribution in [0.1, 0.15) is 485 Å². The van der Waals surface area contributed by atoms with Gasteiger partial charge >= 0.3 is 39.5 Å². The summed E-state index contributed by atoms with van der Waals surface area (Å²) >= 11 is 0. The van der Waals surface area contributed by atoms with Gasteiger partial charge in [0.2, 0.25) is 0 Å². The zero-order chi connectivity index (χ0) is 79.9. The highest BCUT2D eigenvalue weighted by atomic mass is 31.2. The van der Waals surface area contributed by atoms with Crippen molar-refractivity contribution in [2.45, 2.75) is 503 Å². The van der Waals surface area contributed by atoms with E-state index in [2.05, 4.69) is 41.5 Å². The Bertz CT molecular complexity index is 2080. The lowest BCUT2D eigenvalue weighted by Gasteiger charge is -2.21. The minimum atomic E-state index is -4.97. The van der Waals surface area contributed by atoms with E-state index in [1.807, 2.05) is 0 Å². The van der Waals surface area contributed by atoms with Crippen LogP contribution in [0.4, 0.5) is 0 Å². The van der Waals surface area contributed by atoms with E-state index in [9.17, 15) is 43.2 Å². The highest BCUT2D eigenvalue weighted by molar-refractivity contribution is 7.47. The molecule has 0 aliphatic heterocycles. The topological polar surface area (TPSA) is 237 Å². The standard InChI is InChI=1S/C90H176O17P2/c1-7-9-11-13-15-17-19-21-23-24-25-26-27-28-33-37-41-45-49-57-63-69-75-89(94)106-85(78-100-87(92)72-66-60-54-47-43-39-36-32-30-29-31-35-38-42-46-52-58-64-70-82(3)4)80-104-108(96,97)102-76-84(91)77-103-109(98,99)105-81-86(79-101-88(93)73-67-61-55-51-50-53-59-65-71-83(5)6)107-90(95)74-68-62-56-48-44-40-34-22-20-18-16-14-12-10-8-2/h82-86,91H,7-81H2,1-6H3,(H,96,97)(H,98,99)/t84-,85-,86-/m1/s1. The summed E-state index contributed by atoms with van der Waals surface area (Å²) in [4.78, 5) is 73.3. The molecule has 648 valence electrons. The summed E-state index contributed by atoms with van der Waals surface area (Å²) in [6, 6.07) is 0. The Morgan fingerprint density at radius 3 is 0.624 bits per heavy atom. The van der Waals surface area contributed by atoms with E-state index >= 15 is 0 Å². The Labute approximate surface area is 670 Å². The number of carbonyl (C=O) groups is 4. The summed E-state index contributed by atoms with van der Waals surface area (Å²) in [5, 5.41) is 10.7. The van der Waals surface area contributed by atoms with E-state index in [0.29, 0.717) is 25.7 Å². The summed E-state index contributed by atoms with van der Waals surface area (Å²) in [6.07, 6.45) is 75.2. The van der Waals surface area contributed by atoms with Crippen molar-refractivity contribution in [3.63, 3.8) is 0 Å². The molecule has 0 aliphatic carbocycles. The van der Waals surface area contributed by atoms with Crippen LogP contribution in [0.2, 0.25) is 0 Å². The molecule has 0 saturated carbocycles. The molecule has 0 aromatic carbocycles. The number of phosphoric acid groups is 2. The number of rotatable bonds is 89. The van der Waals surface area contributed by atoms with Gasteiger partial charge in [-0.05, 0) is 37.5 Å². The molecule has 0 radical (unpaired) electrons. The van der Waals surface area contributed by atoms with Crippen molar-refractivity contribution in [3.8, 4) is 0 Å². The van der Waals surface area contributed by atoms with Crippen LogP contribution in [0.5, 0.6) is 0 Å². The van der Waals surface area contributed by atoms with Gasteiger partial charge < -0.3 is 33.8 Å². The number of hydrogen-bond acceptors (Lipinski definition) is 15. The first kappa shape index (κ1) is 107. The summed E-state index contributed by atoms with van der Waals surface area (Å²) in [6.45, 7) is 9.70. The highest BCUT2D eigenvalue weighted by Gasteiger charge is 2.31. The average molecular weight is 1590 g/mol. The van der Waals surface area contributed by atoms with Gasteiger partial charge in [0.1, 0.15) is 19.3 Å². The van der Waals surface area contributed by atoms with E-state index in [1.165, 1.54) is 302 Å². The van der Waals surface area contributed by atoms with Crippen molar-refractivity contribution in [3.05, 3.63) is 0 Å². The molecule has 3 N–H and O–H groups in total. The highest BCUT2D eigenvalue weighted by Crippen LogP contribution is 2.45. The number of phosphoric ester groups is 2. The third-order valence-corrected chi connectivity index (χ3v) is 23.1. The molecule has 0 spiro atoms. The second kappa shape index (κ2) is 81.2. The number of aliphatic hydroxyl groups is 1. The molecule has 0 fully saturated rings. The lowest BCUT2D eigenvalue weighted by molar-refractivity contribution is -0.161. The van der Waals surface area contributed by atoms with E-state index < -0.39 is 97.5 Å². The Morgan fingerprint density at radius 1 is 0.248 bits per heavy atom. The molecule has 0 aliphatic rings. The van der Waals surface area contributed by atoms with Crippen molar-refractivity contribution in [1.29, 1.82) is 0 Å². The smallest absolute Gasteiger partial charge is 0.462 e. The Balaban J connectivity index is 5.22. The molecule has 5 atom stereocenters. The van der Waals surface area contributed by atoms with Crippen molar-refractivity contribution in [1.82, 2.24) is 0 Å². The molecule has 0 amide bonds. The first-order chi connectivity index (χ1) is 52.9. The molecule has 0 saturated heterocycles. The van der Waals surface area contributed by atoms with Crippen LogP contribution in [0.15, 0.2) is 0 Å². The van der Waals surface area contributed by atoms with Crippen LogP contribution in [-0.2, 0) is 65.4 Å². The molecule has 0 bridgehead atoms. The zero-order valence-electron chi connectivity index (χ0n) is 71.9. The number of carbonyl (C=O) groups excluding carboxylic acids is 4. The SMILES string of the molecule is CCCCCCCCCCCCCCCCCCCCCCCCC(=O)O[C@H](COC(=O)CCCCCCCCCCCCCCCCCCCCC(C)C)COP(=O)(O)OC[C@@H](O)COP(=O)(O)OC[C@@H](COC(=O)CCCCCCCCCCC(C)C)OC(=O)CCCCCCCCCCCCCCCCC. The minimum absolute atomic E-state index is 0.108. The number of unbranched alkanes of at least 4 members (excludes halogenated alkanes) is 59. The van der Waals surface area contributed by atoms with Crippen molar-refractivity contribution >= 4 is 39.5 Å². The van der Waals surface area contributed by atoms with Gasteiger partial charge in [-0.15, -0.1) is 0 Å². The number of hydrogen-bond donors (Lipinski definition) is 3. The number of aliphatic hydroxyl groups excluding tert-OH is 1. The Morgan fingerprint density at radius 2 is 0.422 bits per heavy atom. The fourth-order valence-corrected chi connectivity index (χ4v) is 15.7. The van der Waals surface area contributed by atoms with Gasteiger partial charge in [0, 0.05) is 25.7 Å². The van der Waals surface area contributed by atoms with Gasteiger partial charge in [-0.25, -0.2) is 9.13 Å². The van der Waals surface area contributed by atoms with Crippen molar-refractivity contribution in [2.24, 2.45) is 11.8 Å². The molecular formula is C90H176O17P2. The Hall–Kier alpha value is -1.94. The third-order valence-electron chi connectivity index (χ3n) is 21.2. The summed E-state index contributed by atoms with van der Waals surface area (Å²) < 4.78 is 69.0. The number of esters is 4. The fraction of sp³-hybridized carbons (Fsp3) is 0.956. The molecule has 19 heteroatoms. The van der Waals surface area contributed by atoms with E-state index in [-0.39, 0.29) is 25.7 Å². The number of ether oxygens (including phenoxy) is 4. The van der Waals surface area contributed by atoms with Crippen LogP contribution in [0.25, 0.3) is 0 Å². The van der Waals surface area contributed by atoms with Crippen LogP contribution < -0.4 is 0 Å². The molecule has 0 aromatic rings. The van der Waals surface area contributed by atoms with E-state index in [4.69, 9.17) is 37.0 Å². The lowest BCUT2D eigenvalue weighted by atomic mass is 10.0. The van der Waals surface area contributed by atoms with Gasteiger partial charge in [0.25, 0.3) is 0 Å². The molecular weight excluding hydrogens is 1410 g/mol. The zero-order valence-corrected chi connectivity index (χ0v) is 73.7. The van der Waals surface area contributed by atoms with Crippen LogP contribution >= 0.6 is 15.6 Å². The largest absolute Gasteiger partial charge is 0.472 e. The second-order valence-electron chi connectivity index (χ2n) is 33.3. The molecule has 109 heavy (non-hydrogen) atoms. The summed E-state index contributed by atoms with van der Waals surface area (Å²) in [7, 11) is -9.93. The van der Waals surface area contributed by atoms with Crippen molar-refractivity contribution < 1.29 is 80.2 Å². The molecule has 0 heterocycles. The lowest BCUT2D eigenvalue weighted by Crippen LogP contribution is -2.30. The maximum absolute atomic E-state index is 13.2. The average Bonchev–Trinajstić information content (AvgIpc) is 0.899. The third kappa shape index (κ3) is 83.8. The summed E-state index contributed by atoms with van der Waals surface area (Å²) in [5.41, 5.74) is 0. The maximum Gasteiger partial charge on any atom is 0.472 e. The van der Waals surface area contributed by atoms with Gasteiger partial charge in [0.15, 0.2) is 12.2 Å². The van der Waals surface area contributed by atoms with Gasteiger partial charge in [-0.3, -0.25) is 37.3 Å². The molecule has 0 aromatic heterocycles. The Kier molecular flexibility index (Phi) is 79.8. The van der Waals surface area contributed by atoms with Crippen LogP contribution in [0.3, 0.4) is 0 Å². The van der Waals surface area contributed by atoms with Gasteiger partial charge in [-0.2, -0.15) is 0 Å². The van der Waals surface area contributed by atoms with Crippen LogP contribution in [-0.4, -0.2) is 96.7 Å². The molecule has 2 unspecified atom stereocenters. The van der Waals surface area contributed by atoms with Gasteiger partial charge in [0.05, 0.1) is 26.4 Å². The first-order valence-electron chi connectivity index (χ1n) is 46.5. The van der Waals surface area contributed by atoms with Crippen molar-refractivity contribution in [2.75, 3.05) is 39.6 Å². The monoisotopic (exact) mass is 1590 g/mol. The van der Waals surface area contributed by atoms with Crippen LogP contribution in [0, 0.1) is 11.8 Å². The first-order valence-corrected chi connectivity index (χ1v) is 49.5. The second-order valence-corrected chi connectivity index (χ2v) is 36.2. The van der Waals surface area contributed by atoms with E-state index in [0.717, 1.165) is 102 Å². The predicted molar refractivity (Wildman–Crippen MR) is 451 cm³/mol. The quantitative estimate of drug-likeness (QED) is 0.0222. The fourth-order valence-electron chi connectivity index (χ4n) is 14.1. The van der Waals surface area contributed by atoms with E-state index in [1.54, 1.807) is 0 Å². The maximum atomic E-state index is 13.2. The predicted octanol–water partition coefficient (Wildman–Crippen LogP) is 27.8.